The smallest absolute Gasteiger partial charge is 0.137 e. The lowest BCUT2D eigenvalue weighted by Crippen LogP contribution is -1.93. The molecule has 6 aromatic heterocycles. The van der Waals surface area contributed by atoms with Crippen molar-refractivity contribution in [3.8, 4) is 0 Å². The number of imidazole rings is 1. The van der Waals surface area contributed by atoms with Crippen LogP contribution in [0.2, 0.25) is 0 Å². The molecule has 0 fully saturated rings. The second kappa shape index (κ2) is 40.7. The molecule has 0 aliphatic rings. The zero-order chi connectivity index (χ0) is 48.2. The van der Waals surface area contributed by atoms with Crippen LogP contribution in [0.4, 0.5) is 0 Å². The van der Waals surface area contributed by atoms with Gasteiger partial charge in [-0.15, -0.1) is 0 Å². The molecule has 0 aromatic carbocycles. The van der Waals surface area contributed by atoms with Gasteiger partial charge < -0.3 is 4.98 Å². The molecule has 0 bridgehead atoms. The van der Waals surface area contributed by atoms with Gasteiger partial charge in [0.05, 0.1) is 31.1 Å². The third kappa shape index (κ3) is 229. The number of H-pyrrole nitrogens is 6. The van der Waals surface area contributed by atoms with Crippen LogP contribution in [0.1, 0.15) is 166 Å². The summed E-state index contributed by atoms with van der Waals surface area (Å²) in [7, 11) is 0. The highest BCUT2D eigenvalue weighted by Crippen LogP contribution is 2.10. The molecule has 16 nitrogen and oxygen atoms in total. The molecular weight excluding hydrogens is 753 g/mol. The van der Waals surface area contributed by atoms with Crippen molar-refractivity contribution < 1.29 is 0 Å². The summed E-state index contributed by atoms with van der Waals surface area (Å²) in [4.78, 5) is 13.5. The van der Waals surface area contributed by atoms with Crippen molar-refractivity contribution in [2.24, 2.45) is 32.5 Å². The van der Waals surface area contributed by atoms with Crippen LogP contribution in [0.15, 0.2) is 87.3 Å². The summed E-state index contributed by atoms with van der Waals surface area (Å²) < 4.78 is 0. The van der Waals surface area contributed by atoms with Gasteiger partial charge in [0.15, 0.2) is 0 Å². The summed E-state index contributed by atoms with van der Waals surface area (Å²) in [5, 5.41) is 36.8. The highest BCUT2D eigenvalue weighted by molar-refractivity contribution is 4.72. The average Bonchev–Trinajstić information content (AvgIpc) is 3.91. The molecule has 0 unspecified atom stereocenters. The monoisotopic (exact) mass is 845 g/mol. The zero-order valence-electron chi connectivity index (χ0n) is 42.6. The molecule has 6 heterocycles. The topological polar surface area (TPSA) is 224 Å². The quantitative estimate of drug-likeness (QED) is 0.0848. The van der Waals surface area contributed by atoms with Crippen LogP contribution in [0.25, 0.3) is 0 Å². The highest BCUT2D eigenvalue weighted by atomic mass is 15.3. The van der Waals surface area contributed by atoms with Crippen LogP contribution in [-0.2, 0) is 0 Å². The van der Waals surface area contributed by atoms with E-state index in [0.29, 0.717) is 32.5 Å². The summed E-state index contributed by atoms with van der Waals surface area (Å²) in [6.07, 6.45) is 20.8. The summed E-state index contributed by atoms with van der Waals surface area (Å²) in [6.45, 7) is 52.5. The molecule has 6 aromatic rings. The first-order chi connectivity index (χ1) is 27.0. The molecule has 0 atom stereocenters. The Morgan fingerprint density at radius 3 is 0.650 bits per heavy atom. The number of nitrogens with one attached hydrogen (secondary N) is 6. The molecule has 0 saturated heterocycles. The Balaban J connectivity index is -0.000000133. The highest BCUT2D eigenvalue weighted by Gasteiger charge is 1.98. The van der Waals surface area contributed by atoms with E-state index in [0.717, 1.165) is 0 Å². The first kappa shape index (κ1) is 66.8. The van der Waals surface area contributed by atoms with Crippen molar-refractivity contribution >= 4 is 0 Å². The number of hydrogen-bond donors (Lipinski definition) is 6. The number of aromatic nitrogens is 16. The lowest BCUT2D eigenvalue weighted by molar-refractivity contribution is 0.469. The van der Waals surface area contributed by atoms with Gasteiger partial charge >= 0.3 is 0 Å². The van der Waals surface area contributed by atoms with E-state index in [9.17, 15) is 0 Å². The molecule has 0 spiro atoms. The Morgan fingerprint density at radius 2 is 0.583 bits per heavy atom. The lowest BCUT2D eigenvalue weighted by Gasteiger charge is -2.05. The molecule has 0 amide bonds. The van der Waals surface area contributed by atoms with Crippen LogP contribution < -0.4 is 0 Å². The van der Waals surface area contributed by atoms with E-state index in [-0.39, 0.29) is 0 Å². The van der Waals surface area contributed by atoms with Gasteiger partial charge in [-0.2, -0.15) is 46.1 Å². The van der Waals surface area contributed by atoms with Crippen molar-refractivity contribution in [3.05, 3.63) is 87.3 Å². The van der Waals surface area contributed by atoms with E-state index in [1.54, 1.807) is 55.9 Å². The van der Waals surface area contributed by atoms with Crippen LogP contribution in [0.3, 0.4) is 0 Å². The van der Waals surface area contributed by atoms with Crippen LogP contribution in [0.5, 0.6) is 0 Å². The molecule has 348 valence electrons. The molecule has 6 N–H and O–H groups in total. The maximum Gasteiger partial charge on any atom is 0.137 e. The summed E-state index contributed by atoms with van der Waals surface area (Å²) >= 11 is 0. The van der Waals surface area contributed by atoms with E-state index in [2.05, 4.69) is 248 Å². The van der Waals surface area contributed by atoms with Gasteiger partial charge in [0.2, 0.25) is 0 Å². The van der Waals surface area contributed by atoms with Gasteiger partial charge in [0, 0.05) is 24.8 Å². The minimum atomic E-state index is 0.500. The molecular formula is C44H92N16. The van der Waals surface area contributed by atoms with Crippen LogP contribution in [-0.4, -0.2) is 81.3 Å². The van der Waals surface area contributed by atoms with Gasteiger partial charge in [-0.25, -0.2) is 15.0 Å². The van der Waals surface area contributed by atoms with Crippen molar-refractivity contribution in [1.29, 1.82) is 0 Å². The van der Waals surface area contributed by atoms with E-state index in [1.807, 2.05) is 6.07 Å². The standard InChI is InChI=1S/6C5H12.2C3H4N2.4C2H3N3/c6*1-5(2,3)4;1-2-5-3-4-1;1-2-4-5-3-1;2*1-3-2-5-4-1;2*1-2-4-5-3-1/h6*1-4H3;2*1-3H,(H,4,5);4*1-2H,(H,3,4,5). The SMILES string of the molecule is CC(C)(C)C.CC(C)(C)C.CC(C)(C)C.CC(C)(C)C.CC(C)(C)C.CC(C)(C)C.c1c[nH]cn1.c1cn[nH]c1.c1cn[nH]n1.c1cn[nH]n1.c1nc[nH]n1.c1nc[nH]n1. The second-order valence-corrected chi connectivity index (χ2v) is 22.1. The van der Waals surface area contributed by atoms with Gasteiger partial charge in [-0.05, 0) is 38.6 Å². The predicted molar refractivity (Wildman–Crippen MR) is 253 cm³/mol. The maximum atomic E-state index is 3.67. The number of hydrogen-bond acceptors (Lipinski definition) is 10. The van der Waals surface area contributed by atoms with Crippen molar-refractivity contribution in [2.45, 2.75) is 166 Å². The van der Waals surface area contributed by atoms with E-state index >= 15 is 0 Å². The Labute approximate surface area is 366 Å². The maximum absolute atomic E-state index is 3.67. The molecule has 16 heteroatoms. The van der Waals surface area contributed by atoms with Gasteiger partial charge in [-0.3, -0.25) is 15.3 Å². The minimum Gasteiger partial charge on any atom is -0.351 e. The third-order valence-corrected chi connectivity index (χ3v) is 2.14. The van der Waals surface area contributed by atoms with Gasteiger partial charge in [0.1, 0.15) is 25.3 Å². The Kier molecular flexibility index (Phi) is 45.3. The fourth-order valence-electron chi connectivity index (χ4n) is 1.10. The first-order valence-corrected chi connectivity index (χ1v) is 20.0. The number of aromatic amines is 6. The van der Waals surface area contributed by atoms with Gasteiger partial charge in [0.25, 0.3) is 0 Å². The zero-order valence-corrected chi connectivity index (χ0v) is 42.6. The lowest BCUT2D eigenvalue weighted by atomic mass is 10.0. The molecule has 0 aliphatic carbocycles. The normalized spacial score (nSPS) is 10.0. The Bertz CT molecular complexity index is 985. The molecule has 60 heavy (non-hydrogen) atoms. The average molecular weight is 845 g/mol. The number of nitrogens with zero attached hydrogens (tertiary/aromatic N) is 10. The van der Waals surface area contributed by atoms with Gasteiger partial charge in [-0.1, -0.05) is 166 Å². The minimum absolute atomic E-state index is 0.500. The summed E-state index contributed by atoms with van der Waals surface area (Å²) in [6, 6.07) is 1.83. The van der Waals surface area contributed by atoms with Crippen molar-refractivity contribution in [2.75, 3.05) is 0 Å². The predicted octanol–water partition coefficient (Wildman–Crippen LogP) is 12.4. The van der Waals surface area contributed by atoms with E-state index < -0.39 is 0 Å². The molecule has 0 aliphatic heterocycles. The number of rotatable bonds is 0. The van der Waals surface area contributed by atoms with E-state index in [4.69, 9.17) is 0 Å². The largest absolute Gasteiger partial charge is 0.351 e. The van der Waals surface area contributed by atoms with E-state index in [1.165, 1.54) is 25.3 Å². The van der Waals surface area contributed by atoms with Crippen molar-refractivity contribution in [1.82, 2.24) is 81.3 Å². The Morgan fingerprint density at radius 1 is 0.283 bits per heavy atom. The molecule has 0 radical (unpaired) electrons. The molecule has 0 saturated carbocycles. The molecule has 6 rings (SSSR count). The first-order valence-electron chi connectivity index (χ1n) is 20.0. The van der Waals surface area contributed by atoms with Crippen LogP contribution in [0, 0.1) is 32.5 Å². The van der Waals surface area contributed by atoms with Crippen molar-refractivity contribution in [3.63, 3.8) is 0 Å². The summed E-state index contributed by atoms with van der Waals surface area (Å²) in [5.74, 6) is 0. The fourth-order valence-corrected chi connectivity index (χ4v) is 1.10. The fraction of sp³-hybridized carbons (Fsp3) is 0.682. The Hall–Kier alpha value is -5.02. The van der Waals surface area contributed by atoms with Crippen LogP contribution >= 0.6 is 0 Å². The third-order valence-electron chi connectivity index (χ3n) is 2.14. The second-order valence-electron chi connectivity index (χ2n) is 22.1. The summed E-state index contributed by atoms with van der Waals surface area (Å²) in [5.41, 5.74) is 3.00.